The van der Waals surface area contributed by atoms with Gasteiger partial charge in [-0.3, -0.25) is 0 Å². The molecule has 10 heteroatoms. The van der Waals surface area contributed by atoms with Gasteiger partial charge in [0, 0.05) is 19.5 Å². The fraction of sp³-hybridized carbons (Fsp3) is 0.333. The van der Waals surface area contributed by atoms with Crippen LogP contribution >= 0.6 is 11.3 Å². The van der Waals surface area contributed by atoms with Crippen molar-refractivity contribution in [1.29, 1.82) is 0 Å². The first-order valence-corrected chi connectivity index (χ1v) is 11.2. The van der Waals surface area contributed by atoms with Crippen LogP contribution in [0.15, 0.2) is 51.5 Å². The molecule has 0 bridgehead atoms. The predicted octanol–water partition coefficient (Wildman–Crippen LogP) is 2.40. The number of aromatic nitrogens is 3. The van der Waals surface area contributed by atoms with Crippen LogP contribution in [0.5, 0.6) is 0 Å². The molecule has 3 aromatic rings. The molecule has 0 atom stereocenters. The number of hydrogen-bond acceptors (Lipinski definition) is 5. The summed E-state index contributed by atoms with van der Waals surface area (Å²) in [5, 5.41) is 9.33. The van der Waals surface area contributed by atoms with E-state index in [4.69, 9.17) is 0 Å². The Morgan fingerprint density at radius 3 is 2.61 bits per heavy atom. The maximum atomic E-state index is 13.9. The number of thiophene rings is 1. The highest BCUT2D eigenvalue weighted by atomic mass is 32.2. The number of halogens is 1. The Balaban J connectivity index is 1.46. The molecule has 2 aromatic heterocycles. The van der Waals surface area contributed by atoms with Gasteiger partial charge in [-0.25, -0.2) is 27.3 Å². The molecule has 0 unspecified atom stereocenters. The first-order valence-electron chi connectivity index (χ1n) is 8.91. The summed E-state index contributed by atoms with van der Waals surface area (Å²) in [7, 11) is -3.85. The van der Waals surface area contributed by atoms with Gasteiger partial charge >= 0.3 is 5.69 Å². The number of piperidine rings is 1. The van der Waals surface area contributed by atoms with Crippen molar-refractivity contribution in [3.05, 3.63) is 63.9 Å². The Morgan fingerprint density at radius 1 is 1.18 bits per heavy atom. The van der Waals surface area contributed by atoms with E-state index in [-0.39, 0.29) is 16.5 Å². The van der Waals surface area contributed by atoms with Crippen LogP contribution in [-0.2, 0) is 16.4 Å². The van der Waals surface area contributed by atoms with E-state index in [0.717, 1.165) is 11.1 Å². The minimum absolute atomic E-state index is 0.195. The average molecular weight is 423 g/mol. The molecule has 1 fully saturated rings. The van der Waals surface area contributed by atoms with E-state index < -0.39 is 15.8 Å². The fourth-order valence-electron chi connectivity index (χ4n) is 3.50. The molecular formula is C18H19FN4O3S2. The maximum absolute atomic E-state index is 13.9. The number of nitrogens with one attached hydrogen (secondary N) is 1. The zero-order valence-electron chi connectivity index (χ0n) is 14.9. The zero-order chi connectivity index (χ0) is 19.7. The summed E-state index contributed by atoms with van der Waals surface area (Å²) < 4.78 is 42.3. The van der Waals surface area contributed by atoms with Crippen LogP contribution in [0.3, 0.4) is 0 Å². The Hall–Kier alpha value is -2.30. The predicted molar refractivity (Wildman–Crippen MR) is 104 cm³/mol. The van der Waals surface area contributed by atoms with Crippen molar-refractivity contribution < 1.29 is 12.8 Å². The first kappa shape index (κ1) is 19.0. The number of aromatic amines is 1. The molecule has 7 nitrogen and oxygen atoms in total. The molecular weight excluding hydrogens is 403 g/mol. The van der Waals surface area contributed by atoms with Gasteiger partial charge in [-0.15, -0.1) is 11.3 Å². The van der Waals surface area contributed by atoms with Crippen molar-refractivity contribution in [1.82, 2.24) is 19.1 Å². The number of H-pyrrole nitrogens is 1. The Kier molecular flexibility index (Phi) is 5.17. The van der Waals surface area contributed by atoms with Crippen LogP contribution in [-0.4, -0.2) is 40.6 Å². The molecule has 0 spiro atoms. The third-order valence-electron chi connectivity index (χ3n) is 4.97. The quantitative estimate of drug-likeness (QED) is 0.684. The standard InChI is InChI=1S/C18H19FN4O3S2/c19-14-4-1-2-5-15(14)28(25,26)22-9-7-13(8-10-22)12-16-20-21-18(24)23(16)17-6-3-11-27-17/h1-6,11,13H,7-10,12H2,(H,21,24). The van der Waals surface area contributed by atoms with E-state index in [1.807, 2.05) is 17.5 Å². The van der Waals surface area contributed by atoms with Crippen molar-refractivity contribution in [2.45, 2.75) is 24.2 Å². The molecule has 0 radical (unpaired) electrons. The van der Waals surface area contributed by atoms with Crippen LogP contribution in [0.4, 0.5) is 4.39 Å². The largest absolute Gasteiger partial charge is 0.348 e. The van der Waals surface area contributed by atoms with Crippen LogP contribution < -0.4 is 5.69 Å². The summed E-state index contributed by atoms with van der Waals surface area (Å²) in [6.07, 6.45) is 1.82. The lowest BCUT2D eigenvalue weighted by molar-refractivity contribution is 0.269. The van der Waals surface area contributed by atoms with Crippen LogP contribution in [0, 0.1) is 11.7 Å². The lowest BCUT2D eigenvalue weighted by Gasteiger charge is -2.31. The van der Waals surface area contributed by atoms with E-state index in [0.29, 0.717) is 38.2 Å². The highest BCUT2D eigenvalue weighted by Crippen LogP contribution is 2.27. The van der Waals surface area contributed by atoms with E-state index in [1.165, 1.54) is 33.8 Å². The van der Waals surface area contributed by atoms with Gasteiger partial charge < -0.3 is 0 Å². The Labute approximate surface area is 165 Å². The molecule has 4 rings (SSSR count). The van der Waals surface area contributed by atoms with Crippen molar-refractivity contribution in [3.8, 4) is 5.00 Å². The van der Waals surface area contributed by atoms with Gasteiger partial charge in [0.15, 0.2) is 0 Å². The maximum Gasteiger partial charge on any atom is 0.348 e. The third kappa shape index (κ3) is 3.54. The molecule has 1 aliphatic heterocycles. The lowest BCUT2D eigenvalue weighted by atomic mass is 9.94. The zero-order valence-corrected chi connectivity index (χ0v) is 16.5. The number of benzene rings is 1. The van der Waals surface area contributed by atoms with Gasteiger partial charge in [0.05, 0.1) is 0 Å². The molecule has 1 N–H and O–H groups in total. The van der Waals surface area contributed by atoms with E-state index in [2.05, 4.69) is 10.2 Å². The molecule has 0 amide bonds. The molecule has 148 valence electrons. The van der Waals surface area contributed by atoms with E-state index in [1.54, 1.807) is 4.57 Å². The summed E-state index contributed by atoms with van der Waals surface area (Å²) >= 11 is 1.45. The van der Waals surface area contributed by atoms with Gasteiger partial charge in [-0.1, -0.05) is 12.1 Å². The van der Waals surface area contributed by atoms with Gasteiger partial charge in [-0.2, -0.15) is 9.40 Å². The van der Waals surface area contributed by atoms with Crippen LogP contribution in [0.25, 0.3) is 5.00 Å². The minimum atomic E-state index is -3.85. The summed E-state index contributed by atoms with van der Waals surface area (Å²) in [4.78, 5) is 11.8. The lowest BCUT2D eigenvalue weighted by Crippen LogP contribution is -2.39. The second-order valence-corrected chi connectivity index (χ2v) is 9.55. The van der Waals surface area contributed by atoms with Crippen LogP contribution in [0.1, 0.15) is 18.7 Å². The van der Waals surface area contributed by atoms with Gasteiger partial charge in [0.1, 0.15) is 21.5 Å². The third-order valence-corrected chi connectivity index (χ3v) is 7.75. The molecule has 1 aromatic carbocycles. The van der Waals surface area contributed by atoms with Crippen molar-refractivity contribution in [3.63, 3.8) is 0 Å². The minimum Gasteiger partial charge on any atom is -0.246 e. The second kappa shape index (κ2) is 7.61. The van der Waals surface area contributed by atoms with E-state index >= 15 is 0 Å². The van der Waals surface area contributed by atoms with E-state index in [9.17, 15) is 17.6 Å². The Bertz CT molecular complexity index is 1110. The molecule has 1 aliphatic rings. The number of hydrogen-bond donors (Lipinski definition) is 1. The normalized spacial score (nSPS) is 16.5. The summed E-state index contributed by atoms with van der Waals surface area (Å²) in [5.41, 5.74) is -0.281. The summed E-state index contributed by atoms with van der Waals surface area (Å²) in [6.45, 7) is 0.629. The topological polar surface area (TPSA) is 88.1 Å². The SMILES string of the molecule is O=c1[nH]nc(CC2CCN(S(=O)(=O)c3ccccc3F)CC2)n1-c1cccs1. The Morgan fingerprint density at radius 2 is 1.93 bits per heavy atom. The van der Waals surface area contributed by atoms with Crippen molar-refractivity contribution >= 4 is 21.4 Å². The first-order chi connectivity index (χ1) is 13.5. The second-order valence-electron chi connectivity index (χ2n) is 6.71. The number of nitrogens with zero attached hydrogens (tertiary/aromatic N) is 3. The summed E-state index contributed by atoms with van der Waals surface area (Å²) in [6, 6.07) is 9.16. The number of rotatable bonds is 5. The van der Waals surface area contributed by atoms with Gasteiger partial charge in [-0.05, 0) is 48.4 Å². The van der Waals surface area contributed by atoms with Gasteiger partial charge in [0.25, 0.3) is 0 Å². The van der Waals surface area contributed by atoms with Crippen molar-refractivity contribution in [2.24, 2.45) is 5.92 Å². The fourth-order valence-corrected chi connectivity index (χ4v) is 5.78. The molecule has 28 heavy (non-hydrogen) atoms. The average Bonchev–Trinajstić information content (AvgIpc) is 3.32. The molecule has 0 aliphatic carbocycles. The number of sulfonamides is 1. The molecule has 3 heterocycles. The van der Waals surface area contributed by atoms with Gasteiger partial charge in [0.2, 0.25) is 10.0 Å². The summed E-state index contributed by atoms with van der Waals surface area (Å²) in [5.74, 6) is 0.102. The monoisotopic (exact) mass is 422 g/mol. The van der Waals surface area contributed by atoms with Crippen molar-refractivity contribution in [2.75, 3.05) is 13.1 Å². The van der Waals surface area contributed by atoms with Crippen LogP contribution in [0.2, 0.25) is 0 Å². The molecule has 0 saturated carbocycles. The molecule has 1 saturated heterocycles. The smallest absolute Gasteiger partial charge is 0.246 e. The highest BCUT2D eigenvalue weighted by molar-refractivity contribution is 7.89. The highest BCUT2D eigenvalue weighted by Gasteiger charge is 2.31.